The van der Waals surface area contributed by atoms with Crippen LogP contribution in [0.2, 0.25) is 0 Å². The van der Waals surface area contributed by atoms with Crippen LogP contribution in [0.4, 0.5) is 16.0 Å². The molecule has 0 N–H and O–H groups in total. The van der Waals surface area contributed by atoms with E-state index < -0.39 is 0 Å². The van der Waals surface area contributed by atoms with Crippen LogP contribution in [0, 0.1) is 17.7 Å². The van der Waals surface area contributed by atoms with E-state index in [0.717, 1.165) is 37.6 Å². The lowest BCUT2D eigenvalue weighted by Crippen LogP contribution is -2.30. The lowest BCUT2D eigenvalue weighted by molar-refractivity contribution is 0.533. The number of aryl methyl sites for hydroxylation is 1. The molecule has 0 aliphatic carbocycles. The first-order valence-corrected chi connectivity index (χ1v) is 9.02. The summed E-state index contributed by atoms with van der Waals surface area (Å²) in [4.78, 5) is 17.3. The third kappa shape index (κ3) is 2.40. The van der Waals surface area contributed by atoms with Gasteiger partial charge in [0.2, 0.25) is 0 Å². The molecule has 0 saturated carbocycles. The molecule has 0 radical (unpaired) electrons. The van der Waals surface area contributed by atoms with Crippen LogP contribution in [0.15, 0.2) is 30.9 Å². The zero-order valence-electron chi connectivity index (χ0n) is 14.6. The number of anilines is 2. The maximum atomic E-state index is 14.6. The van der Waals surface area contributed by atoms with E-state index >= 15 is 0 Å². The second-order valence-electron chi connectivity index (χ2n) is 7.06. The predicted octanol–water partition coefficient (Wildman–Crippen LogP) is 1.79. The summed E-state index contributed by atoms with van der Waals surface area (Å²) in [6.07, 6.45) is 5.76. The van der Waals surface area contributed by atoms with Crippen LogP contribution in [0.25, 0.3) is 5.65 Å². The highest BCUT2D eigenvalue weighted by atomic mass is 19.1. The highest BCUT2D eigenvalue weighted by molar-refractivity contribution is 5.50. The molecule has 0 aromatic carbocycles. The molecule has 3 aromatic rings. The van der Waals surface area contributed by atoms with Gasteiger partial charge in [-0.3, -0.25) is 0 Å². The monoisotopic (exact) mass is 353 g/mol. The minimum Gasteiger partial charge on any atom is -0.356 e. The van der Waals surface area contributed by atoms with E-state index in [1.165, 1.54) is 6.33 Å². The average molecular weight is 353 g/mol. The zero-order chi connectivity index (χ0) is 17.7. The van der Waals surface area contributed by atoms with Crippen LogP contribution in [0.3, 0.4) is 0 Å². The molecule has 0 bridgehead atoms. The maximum absolute atomic E-state index is 14.6. The Morgan fingerprint density at radius 3 is 2.62 bits per heavy atom. The zero-order valence-corrected chi connectivity index (χ0v) is 14.6. The van der Waals surface area contributed by atoms with Crippen molar-refractivity contribution < 1.29 is 4.39 Å². The fourth-order valence-electron chi connectivity index (χ4n) is 4.19. The average Bonchev–Trinajstić information content (AvgIpc) is 3.35. The summed E-state index contributed by atoms with van der Waals surface area (Å²) >= 11 is 0. The molecule has 2 unspecified atom stereocenters. The van der Waals surface area contributed by atoms with E-state index in [4.69, 9.17) is 4.98 Å². The van der Waals surface area contributed by atoms with E-state index in [9.17, 15) is 4.39 Å². The van der Waals surface area contributed by atoms with Crippen molar-refractivity contribution in [2.75, 3.05) is 36.0 Å². The smallest absolute Gasteiger partial charge is 0.187 e. The molecule has 134 valence electrons. The maximum Gasteiger partial charge on any atom is 0.187 e. The van der Waals surface area contributed by atoms with Crippen molar-refractivity contribution in [2.24, 2.45) is 11.8 Å². The molecule has 26 heavy (non-hydrogen) atoms. The predicted molar refractivity (Wildman–Crippen MR) is 95.8 cm³/mol. The molecule has 2 aliphatic heterocycles. The van der Waals surface area contributed by atoms with Gasteiger partial charge >= 0.3 is 0 Å². The van der Waals surface area contributed by atoms with Crippen molar-refractivity contribution in [3.63, 3.8) is 0 Å². The van der Waals surface area contributed by atoms with Gasteiger partial charge in [-0.25, -0.2) is 23.9 Å². The largest absolute Gasteiger partial charge is 0.356 e. The number of nitrogens with zero attached hydrogens (tertiary/aromatic N) is 7. The molecular formula is C18H20FN7. The van der Waals surface area contributed by atoms with E-state index in [1.807, 2.05) is 25.3 Å². The van der Waals surface area contributed by atoms with Gasteiger partial charge in [-0.05, 0) is 12.5 Å². The van der Waals surface area contributed by atoms with Gasteiger partial charge in [-0.1, -0.05) is 6.92 Å². The summed E-state index contributed by atoms with van der Waals surface area (Å²) in [5.41, 5.74) is 1.35. The van der Waals surface area contributed by atoms with Crippen LogP contribution >= 0.6 is 0 Å². The summed E-state index contributed by atoms with van der Waals surface area (Å²) < 4.78 is 16.3. The van der Waals surface area contributed by atoms with E-state index in [2.05, 4.69) is 24.9 Å². The third-order valence-electron chi connectivity index (χ3n) is 5.53. The van der Waals surface area contributed by atoms with Gasteiger partial charge in [0.25, 0.3) is 0 Å². The van der Waals surface area contributed by atoms with Crippen molar-refractivity contribution in [1.82, 2.24) is 24.6 Å². The van der Waals surface area contributed by atoms with Crippen molar-refractivity contribution in [1.29, 1.82) is 0 Å². The number of hydrogen-bond acceptors (Lipinski definition) is 6. The van der Waals surface area contributed by atoms with Crippen LogP contribution in [-0.4, -0.2) is 50.7 Å². The quantitative estimate of drug-likeness (QED) is 0.715. The lowest BCUT2D eigenvalue weighted by atomic mass is 10.0. The van der Waals surface area contributed by atoms with Gasteiger partial charge in [0.05, 0.1) is 11.9 Å². The van der Waals surface area contributed by atoms with E-state index in [1.54, 1.807) is 10.7 Å². The van der Waals surface area contributed by atoms with Gasteiger partial charge in [0.1, 0.15) is 12.1 Å². The summed E-state index contributed by atoms with van der Waals surface area (Å²) in [6.45, 7) is 5.44. The van der Waals surface area contributed by atoms with Crippen LogP contribution in [-0.2, 0) is 6.42 Å². The molecule has 5 heterocycles. The fraction of sp³-hybridized carbons (Fsp3) is 0.444. The molecular weight excluding hydrogens is 333 g/mol. The number of fused-ring (bicyclic) bond motifs is 2. The standard InChI is InChI=1S/C18H20FN7/c1-2-14-17(19)18(21-11-20-14)25-9-12-7-24(8-13(12)10-25)15-4-6-26-16(23-15)3-5-22-26/h3-6,11-13H,2,7-10H2,1H3. The topological polar surface area (TPSA) is 62.5 Å². The molecule has 2 saturated heterocycles. The summed E-state index contributed by atoms with van der Waals surface area (Å²) in [7, 11) is 0. The van der Waals surface area contributed by atoms with Crippen molar-refractivity contribution >= 4 is 17.3 Å². The minimum absolute atomic E-state index is 0.264. The summed E-state index contributed by atoms with van der Waals surface area (Å²) in [5.74, 6) is 2.17. The normalized spacial score (nSPS) is 22.4. The number of halogens is 1. The number of aromatic nitrogens is 5. The van der Waals surface area contributed by atoms with Gasteiger partial charge in [-0.15, -0.1) is 0 Å². The van der Waals surface area contributed by atoms with Crippen LogP contribution < -0.4 is 9.80 Å². The van der Waals surface area contributed by atoms with Crippen LogP contribution in [0.1, 0.15) is 12.6 Å². The minimum atomic E-state index is -0.264. The second-order valence-corrected chi connectivity index (χ2v) is 7.06. The second kappa shape index (κ2) is 5.89. The first-order valence-electron chi connectivity index (χ1n) is 9.02. The summed E-state index contributed by atoms with van der Waals surface area (Å²) in [5, 5.41) is 4.19. The van der Waals surface area contributed by atoms with Crippen molar-refractivity contribution in [3.05, 3.63) is 42.4 Å². The van der Waals surface area contributed by atoms with E-state index in [0.29, 0.717) is 29.8 Å². The Morgan fingerprint density at radius 2 is 1.85 bits per heavy atom. The number of hydrogen-bond donors (Lipinski definition) is 0. The van der Waals surface area contributed by atoms with Crippen molar-refractivity contribution in [3.8, 4) is 0 Å². The highest BCUT2D eigenvalue weighted by Crippen LogP contribution is 2.36. The van der Waals surface area contributed by atoms with E-state index in [-0.39, 0.29) is 5.82 Å². The molecule has 2 fully saturated rings. The third-order valence-corrected chi connectivity index (χ3v) is 5.53. The molecule has 3 aromatic heterocycles. The lowest BCUT2D eigenvalue weighted by Gasteiger charge is -2.23. The van der Waals surface area contributed by atoms with Gasteiger partial charge < -0.3 is 9.80 Å². The Balaban J connectivity index is 1.33. The van der Waals surface area contributed by atoms with Gasteiger partial charge in [0.15, 0.2) is 17.3 Å². The Bertz CT molecular complexity index is 942. The molecule has 2 aliphatic rings. The molecule has 0 amide bonds. The fourth-order valence-corrected chi connectivity index (χ4v) is 4.19. The van der Waals surface area contributed by atoms with Gasteiger partial charge in [0, 0.05) is 50.3 Å². The molecule has 8 heteroatoms. The van der Waals surface area contributed by atoms with Crippen LogP contribution in [0.5, 0.6) is 0 Å². The Hall–Kier alpha value is -2.77. The van der Waals surface area contributed by atoms with Crippen molar-refractivity contribution in [2.45, 2.75) is 13.3 Å². The SMILES string of the molecule is CCc1ncnc(N2CC3CN(c4ccn5nccc5n4)CC3C2)c1F. The highest BCUT2D eigenvalue weighted by Gasteiger charge is 2.41. The number of rotatable bonds is 3. The molecule has 5 rings (SSSR count). The molecule has 2 atom stereocenters. The summed E-state index contributed by atoms with van der Waals surface area (Å²) in [6, 6.07) is 3.92. The Kier molecular flexibility index (Phi) is 3.51. The Morgan fingerprint density at radius 1 is 1.08 bits per heavy atom. The molecule has 7 nitrogen and oxygen atoms in total. The first kappa shape index (κ1) is 15.5. The van der Waals surface area contributed by atoms with Gasteiger partial charge in [-0.2, -0.15) is 5.10 Å². The Labute approximate surface area is 150 Å². The molecule has 0 spiro atoms. The first-order chi connectivity index (χ1) is 12.7.